The van der Waals surface area contributed by atoms with Gasteiger partial charge in [0, 0.05) is 17.7 Å². The van der Waals surface area contributed by atoms with Gasteiger partial charge in [0.05, 0.1) is 4.92 Å². The number of rotatable bonds is 5. The summed E-state index contributed by atoms with van der Waals surface area (Å²) in [7, 11) is 0. The predicted molar refractivity (Wildman–Crippen MR) is 86.5 cm³/mol. The summed E-state index contributed by atoms with van der Waals surface area (Å²) >= 11 is 0. The van der Waals surface area contributed by atoms with Crippen molar-refractivity contribution in [2.75, 3.05) is 0 Å². The molecule has 0 bridgehead atoms. The Kier molecular flexibility index (Phi) is 4.95. The minimum atomic E-state index is -0.597. The van der Waals surface area contributed by atoms with Gasteiger partial charge in [-0.3, -0.25) is 10.1 Å². The Balaban J connectivity index is 1.94. The van der Waals surface area contributed by atoms with E-state index in [9.17, 15) is 14.9 Å². The van der Waals surface area contributed by atoms with Gasteiger partial charge in [-0.15, -0.1) is 0 Å². The third kappa shape index (κ3) is 5.10. The van der Waals surface area contributed by atoms with Crippen LogP contribution in [0.3, 0.4) is 0 Å². The Morgan fingerprint density at radius 1 is 1.13 bits per heavy atom. The Labute approximate surface area is 134 Å². The number of hydrogen-bond donors (Lipinski definition) is 1. The van der Waals surface area contributed by atoms with Gasteiger partial charge < -0.3 is 10.1 Å². The summed E-state index contributed by atoms with van der Waals surface area (Å²) in [6.45, 7) is 3.80. The van der Waals surface area contributed by atoms with Gasteiger partial charge in [-0.2, -0.15) is 0 Å². The van der Waals surface area contributed by atoms with Crippen LogP contribution < -0.4 is 10.1 Å². The van der Waals surface area contributed by atoms with Crippen molar-refractivity contribution in [3.63, 3.8) is 0 Å². The Hall–Kier alpha value is -2.89. The van der Waals surface area contributed by atoms with Crippen molar-refractivity contribution in [3.05, 3.63) is 70.3 Å². The molecule has 0 saturated heterocycles. The molecule has 0 saturated carbocycles. The van der Waals surface area contributed by atoms with Crippen molar-refractivity contribution < 1.29 is 14.5 Å². The van der Waals surface area contributed by atoms with Crippen LogP contribution in [0.25, 0.3) is 0 Å². The highest BCUT2D eigenvalue weighted by atomic mass is 16.6. The fraction of sp³-hybridized carbons (Fsp3) is 0.235. The van der Waals surface area contributed by atoms with E-state index in [2.05, 4.69) is 5.32 Å². The molecular formula is C17H18N2O4. The number of nitrogens with one attached hydrogen (secondary N) is 1. The number of carbonyl (C=O) groups excluding carboxylic acids is 1. The maximum atomic E-state index is 12.0. The zero-order valence-corrected chi connectivity index (χ0v) is 13.0. The van der Waals surface area contributed by atoms with Crippen molar-refractivity contribution in [1.82, 2.24) is 5.32 Å². The van der Waals surface area contributed by atoms with Crippen LogP contribution in [0.2, 0.25) is 0 Å². The van der Waals surface area contributed by atoms with Crippen molar-refractivity contribution in [3.8, 4) is 5.75 Å². The summed E-state index contributed by atoms with van der Waals surface area (Å²) < 4.78 is 5.15. The monoisotopic (exact) mass is 314 g/mol. The van der Waals surface area contributed by atoms with E-state index in [1.54, 1.807) is 0 Å². The Bertz CT molecular complexity index is 681. The van der Waals surface area contributed by atoms with Crippen LogP contribution in [0.1, 0.15) is 19.4 Å². The van der Waals surface area contributed by atoms with Crippen LogP contribution in [-0.4, -0.2) is 16.6 Å². The minimum absolute atomic E-state index is 0.0536. The maximum Gasteiger partial charge on any atom is 0.413 e. The number of carbonyl (C=O) groups is 1. The number of nitrogens with zero attached hydrogens (tertiary/aromatic N) is 1. The number of nitro benzene ring substituents is 1. The molecule has 0 spiro atoms. The van der Waals surface area contributed by atoms with E-state index in [1.807, 2.05) is 44.2 Å². The second-order valence-corrected chi connectivity index (χ2v) is 5.81. The molecule has 6 heteroatoms. The van der Waals surface area contributed by atoms with Crippen molar-refractivity contribution in [1.29, 1.82) is 0 Å². The van der Waals surface area contributed by atoms with Gasteiger partial charge in [-0.1, -0.05) is 30.3 Å². The highest BCUT2D eigenvalue weighted by Gasteiger charge is 2.22. The number of nitro groups is 1. The van der Waals surface area contributed by atoms with E-state index in [-0.39, 0.29) is 11.4 Å². The number of ether oxygens (including phenoxy) is 1. The van der Waals surface area contributed by atoms with Gasteiger partial charge in [0.15, 0.2) is 0 Å². The number of benzene rings is 2. The smallest absolute Gasteiger partial charge is 0.410 e. The molecule has 2 aromatic rings. The second-order valence-electron chi connectivity index (χ2n) is 5.81. The number of hydrogen-bond acceptors (Lipinski definition) is 4. The molecule has 0 aromatic heterocycles. The highest BCUT2D eigenvalue weighted by Crippen LogP contribution is 2.18. The lowest BCUT2D eigenvalue weighted by Gasteiger charge is -2.25. The van der Waals surface area contributed by atoms with Crippen LogP contribution in [-0.2, 0) is 6.42 Å². The lowest BCUT2D eigenvalue weighted by Crippen LogP contribution is -2.46. The van der Waals surface area contributed by atoms with Gasteiger partial charge in [0.2, 0.25) is 0 Å². The molecule has 0 fully saturated rings. The maximum absolute atomic E-state index is 12.0. The molecule has 23 heavy (non-hydrogen) atoms. The molecule has 0 heterocycles. The van der Waals surface area contributed by atoms with Gasteiger partial charge in [-0.05, 0) is 38.0 Å². The predicted octanol–water partition coefficient (Wildman–Crippen LogP) is 3.70. The lowest BCUT2D eigenvalue weighted by molar-refractivity contribution is -0.384. The second kappa shape index (κ2) is 6.91. The molecule has 0 radical (unpaired) electrons. The van der Waals surface area contributed by atoms with Crippen molar-refractivity contribution in [2.45, 2.75) is 25.8 Å². The quantitative estimate of drug-likeness (QED) is 0.674. The average Bonchev–Trinajstić information content (AvgIpc) is 2.47. The standard InChI is InChI=1S/C17H18N2O4/c1-17(2,12-13-6-4-3-5-7-13)18-16(20)23-15-10-8-14(9-11-15)19(21)22/h3-11H,12H2,1-2H3,(H,18,20). The topological polar surface area (TPSA) is 81.5 Å². The summed E-state index contributed by atoms with van der Waals surface area (Å²) in [6.07, 6.45) is 0.0585. The summed E-state index contributed by atoms with van der Waals surface area (Å²) in [4.78, 5) is 22.0. The van der Waals surface area contributed by atoms with E-state index in [0.717, 1.165) is 5.56 Å². The fourth-order valence-corrected chi connectivity index (χ4v) is 2.20. The first-order chi connectivity index (χ1) is 10.9. The Morgan fingerprint density at radius 2 is 1.74 bits per heavy atom. The third-order valence-electron chi connectivity index (χ3n) is 3.19. The molecule has 2 rings (SSSR count). The molecule has 2 aromatic carbocycles. The van der Waals surface area contributed by atoms with Gasteiger partial charge in [-0.25, -0.2) is 4.79 Å². The normalized spacial score (nSPS) is 10.9. The molecular weight excluding hydrogens is 296 g/mol. The molecule has 0 aliphatic rings. The van der Waals surface area contributed by atoms with Crippen LogP contribution in [0.15, 0.2) is 54.6 Å². The molecule has 120 valence electrons. The third-order valence-corrected chi connectivity index (χ3v) is 3.19. The Morgan fingerprint density at radius 3 is 2.30 bits per heavy atom. The van der Waals surface area contributed by atoms with Crippen LogP contribution in [0.5, 0.6) is 5.75 Å². The van der Waals surface area contributed by atoms with Crippen LogP contribution in [0, 0.1) is 10.1 Å². The summed E-state index contributed by atoms with van der Waals surface area (Å²) in [5.41, 5.74) is 0.564. The first-order valence-corrected chi connectivity index (χ1v) is 7.14. The fourth-order valence-electron chi connectivity index (χ4n) is 2.20. The first-order valence-electron chi connectivity index (χ1n) is 7.14. The molecule has 0 aliphatic heterocycles. The largest absolute Gasteiger partial charge is 0.413 e. The molecule has 0 aliphatic carbocycles. The number of non-ortho nitro benzene ring substituents is 1. The van der Waals surface area contributed by atoms with E-state index in [0.29, 0.717) is 6.42 Å². The summed E-state index contributed by atoms with van der Waals surface area (Å²) in [5, 5.41) is 13.4. The van der Waals surface area contributed by atoms with Crippen LogP contribution >= 0.6 is 0 Å². The van der Waals surface area contributed by atoms with Gasteiger partial charge in [0.25, 0.3) is 5.69 Å². The highest BCUT2D eigenvalue weighted by molar-refractivity contribution is 5.71. The van der Waals surface area contributed by atoms with E-state index in [1.165, 1.54) is 24.3 Å². The van der Waals surface area contributed by atoms with Crippen molar-refractivity contribution >= 4 is 11.8 Å². The van der Waals surface area contributed by atoms with Crippen LogP contribution in [0.4, 0.5) is 10.5 Å². The van der Waals surface area contributed by atoms with Gasteiger partial charge >= 0.3 is 6.09 Å². The first kappa shape index (κ1) is 16.5. The SMILES string of the molecule is CC(C)(Cc1ccccc1)NC(=O)Oc1ccc([N+](=O)[O-])cc1. The number of amides is 1. The van der Waals surface area contributed by atoms with E-state index >= 15 is 0 Å². The zero-order chi connectivity index (χ0) is 16.9. The molecule has 0 atom stereocenters. The van der Waals surface area contributed by atoms with Gasteiger partial charge in [0.1, 0.15) is 5.75 Å². The summed E-state index contributed by atoms with van der Waals surface area (Å²) in [5.74, 6) is 0.253. The zero-order valence-electron chi connectivity index (χ0n) is 13.0. The van der Waals surface area contributed by atoms with E-state index in [4.69, 9.17) is 4.74 Å². The molecule has 0 unspecified atom stereocenters. The minimum Gasteiger partial charge on any atom is -0.410 e. The van der Waals surface area contributed by atoms with E-state index < -0.39 is 16.6 Å². The molecule has 6 nitrogen and oxygen atoms in total. The lowest BCUT2D eigenvalue weighted by atomic mass is 9.95. The summed E-state index contributed by atoms with van der Waals surface area (Å²) in [6, 6.07) is 15.2. The molecule has 1 N–H and O–H groups in total. The molecule has 1 amide bonds. The van der Waals surface area contributed by atoms with Crippen molar-refractivity contribution in [2.24, 2.45) is 0 Å². The average molecular weight is 314 g/mol.